The summed E-state index contributed by atoms with van der Waals surface area (Å²) >= 11 is 6.35. The van der Waals surface area contributed by atoms with Gasteiger partial charge in [-0.2, -0.15) is 0 Å². The van der Waals surface area contributed by atoms with Crippen LogP contribution in [0.1, 0.15) is 30.4 Å². The number of hydrogen-bond acceptors (Lipinski definition) is 3. The molecular formula is C17H23Cl2NO2. The lowest BCUT2D eigenvalue weighted by Crippen LogP contribution is -2.37. The van der Waals surface area contributed by atoms with Crippen LogP contribution in [0.2, 0.25) is 5.02 Å². The van der Waals surface area contributed by atoms with Crippen molar-refractivity contribution in [3.05, 3.63) is 33.9 Å². The zero-order valence-electron chi connectivity index (χ0n) is 12.8. The van der Waals surface area contributed by atoms with Gasteiger partial charge in [0.05, 0.1) is 13.2 Å². The molecule has 0 amide bonds. The summed E-state index contributed by atoms with van der Waals surface area (Å²) in [5.41, 5.74) is 3.77. The number of benzene rings is 1. The van der Waals surface area contributed by atoms with E-state index in [0.29, 0.717) is 0 Å². The van der Waals surface area contributed by atoms with E-state index in [1.807, 2.05) is 12.1 Å². The second kappa shape index (κ2) is 7.69. The quantitative estimate of drug-likeness (QED) is 0.910. The molecule has 3 nitrogen and oxygen atoms in total. The van der Waals surface area contributed by atoms with Gasteiger partial charge >= 0.3 is 0 Å². The maximum atomic E-state index is 9.58. The minimum atomic E-state index is -0.110. The molecule has 0 bridgehead atoms. The zero-order chi connectivity index (χ0) is 14.8. The van der Waals surface area contributed by atoms with Crippen LogP contribution in [0.4, 0.5) is 0 Å². The van der Waals surface area contributed by atoms with E-state index in [0.717, 1.165) is 61.7 Å². The summed E-state index contributed by atoms with van der Waals surface area (Å²) in [5.74, 6) is 0.936. The Morgan fingerprint density at radius 1 is 1.27 bits per heavy atom. The van der Waals surface area contributed by atoms with Crippen molar-refractivity contribution < 1.29 is 9.84 Å². The van der Waals surface area contributed by atoms with E-state index in [4.69, 9.17) is 16.3 Å². The zero-order valence-corrected chi connectivity index (χ0v) is 14.4. The van der Waals surface area contributed by atoms with E-state index >= 15 is 0 Å². The average molecular weight is 344 g/mol. The van der Waals surface area contributed by atoms with Gasteiger partial charge in [-0.15, -0.1) is 12.4 Å². The lowest BCUT2D eigenvalue weighted by atomic mass is 9.91. The van der Waals surface area contributed by atoms with Gasteiger partial charge in [0.2, 0.25) is 0 Å². The molecule has 2 aliphatic rings. The van der Waals surface area contributed by atoms with Crippen molar-refractivity contribution in [2.75, 3.05) is 26.7 Å². The maximum absolute atomic E-state index is 9.58. The molecule has 1 aliphatic carbocycles. The van der Waals surface area contributed by atoms with Gasteiger partial charge in [-0.05, 0) is 43.4 Å². The molecule has 0 atom stereocenters. The Labute approximate surface area is 143 Å². The number of hydrogen-bond donors (Lipinski definition) is 1. The number of likely N-dealkylation sites (tertiary alicyclic amines) is 1. The van der Waals surface area contributed by atoms with Crippen molar-refractivity contribution in [3.8, 4) is 5.75 Å². The number of methoxy groups -OCH3 is 1. The molecule has 22 heavy (non-hydrogen) atoms. The number of piperidine rings is 1. The van der Waals surface area contributed by atoms with Crippen molar-refractivity contribution in [1.82, 2.24) is 4.90 Å². The summed E-state index contributed by atoms with van der Waals surface area (Å²) in [6.07, 6.45) is 5.94. The Kier molecular flexibility index (Phi) is 6.16. The van der Waals surface area contributed by atoms with Gasteiger partial charge in [0.15, 0.2) is 0 Å². The Balaban J connectivity index is 0.00000176. The van der Waals surface area contributed by atoms with Gasteiger partial charge < -0.3 is 9.84 Å². The number of aliphatic hydroxyl groups is 1. The van der Waals surface area contributed by atoms with Crippen LogP contribution in [0.15, 0.2) is 17.7 Å². The summed E-state index contributed by atoms with van der Waals surface area (Å²) in [7, 11) is 1.71. The average Bonchev–Trinajstić information content (AvgIpc) is 2.50. The first-order chi connectivity index (χ1) is 10.2. The number of ether oxygens (including phenoxy) is 1. The van der Waals surface area contributed by atoms with Crippen LogP contribution in [0, 0.1) is 0 Å². The number of nitrogens with zero attached hydrogens (tertiary/aromatic N) is 1. The molecule has 0 spiro atoms. The number of halogens is 2. The van der Waals surface area contributed by atoms with Gasteiger partial charge in [-0.1, -0.05) is 23.3 Å². The molecule has 122 valence electrons. The summed E-state index contributed by atoms with van der Waals surface area (Å²) in [6.45, 7) is 2.95. The number of aliphatic hydroxyl groups excluding tert-OH is 1. The van der Waals surface area contributed by atoms with Crippen LogP contribution >= 0.6 is 24.0 Å². The molecule has 1 saturated heterocycles. The van der Waals surface area contributed by atoms with Crippen LogP contribution in [0.5, 0.6) is 5.75 Å². The fourth-order valence-electron chi connectivity index (χ4n) is 3.27. The van der Waals surface area contributed by atoms with E-state index < -0.39 is 0 Å². The highest BCUT2D eigenvalue weighted by Gasteiger charge is 2.21. The summed E-state index contributed by atoms with van der Waals surface area (Å²) in [5, 5.41) is 10.4. The van der Waals surface area contributed by atoms with Crippen LogP contribution in [0.25, 0.3) is 6.08 Å². The summed E-state index contributed by atoms with van der Waals surface area (Å²) in [6, 6.07) is 3.86. The number of rotatable bonds is 3. The summed E-state index contributed by atoms with van der Waals surface area (Å²) < 4.78 is 5.44. The van der Waals surface area contributed by atoms with Gasteiger partial charge in [0.25, 0.3) is 0 Å². The molecule has 1 fully saturated rings. The lowest BCUT2D eigenvalue weighted by Gasteiger charge is -2.31. The standard InChI is InChI=1S/C17H22ClNO2.ClH/c1-21-17-5-4-16(18)15-10-12(2-3-14(15)17)11-19-8-6-13(20)7-9-19;/h4-5,10,13,20H,2-3,6-9,11H2,1H3;1H. The van der Waals surface area contributed by atoms with Crippen LogP contribution < -0.4 is 4.74 Å². The van der Waals surface area contributed by atoms with Crippen molar-refractivity contribution in [2.45, 2.75) is 31.8 Å². The smallest absolute Gasteiger partial charge is 0.122 e. The Morgan fingerprint density at radius 3 is 2.68 bits per heavy atom. The first-order valence-corrected chi connectivity index (χ1v) is 8.00. The molecule has 0 unspecified atom stereocenters. The first kappa shape index (κ1) is 17.6. The predicted octanol–water partition coefficient (Wildman–Crippen LogP) is 3.56. The van der Waals surface area contributed by atoms with Gasteiger partial charge in [0, 0.05) is 30.2 Å². The SMILES string of the molecule is COc1ccc(Cl)c2c1CCC(CN1CCC(O)CC1)=C2.Cl. The normalized spacial score (nSPS) is 19.1. The largest absolute Gasteiger partial charge is 0.496 e. The molecule has 1 N–H and O–H groups in total. The van der Waals surface area contributed by atoms with E-state index in [1.54, 1.807) is 7.11 Å². The van der Waals surface area contributed by atoms with Crippen LogP contribution in [0.3, 0.4) is 0 Å². The highest BCUT2D eigenvalue weighted by atomic mass is 35.5. The predicted molar refractivity (Wildman–Crippen MR) is 93.2 cm³/mol. The van der Waals surface area contributed by atoms with E-state index in [2.05, 4.69) is 11.0 Å². The lowest BCUT2D eigenvalue weighted by molar-refractivity contribution is 0.0866. The fraction of sp³-hybridized carbons (Fsp3) is 0.529. The van der Waals surface area contributed by atoms with E-state index in [-0.39, 0.29) is 18.5 Å². The third-order valence-electron chi connectivity index (χ3n) is 4.51. The molecular weight excluding hydrogens is 321 g/mol. The minimum Gasteiger partial charge on any atom is -0.496 e. The van der Waals surface area contributed by atoms with Crippen molar-refractivity contribution in [3.63, 3.8) is 0 Å². The highest BCUT2D eigenvalue weighted by molar-refractivity contribution is 6.32. The number of fused-ring (bicyclic) bond motifs is 1. The Morgan fingerprint density at radius 2 is 2.00 bits per heavy atom. The van der Waals surface area contributed by atoms with Crippen LogP contribution in [-0.4, -0.2) is 42.9 Å². The van der Waals surface area contributed by atoms with Crippen molar-refractivity contribution in [1.29, 1.82) is 0 Å². The Hall–Kier alpha value is -0.740. The molecule has 0 saturated carbocycles. The van der Waals surface area contributed by atoms with E-state index in [9.17, 15) is 5.11 Å². The fourth-order valence-corrected chi connectivity index (χ4v) is 3.50. The molecule has 0 aromatic heterocycles. The maximum Gasteiger partial charge on any atom is 0.122 e. The molecule has 1 aromatic carbocycles. The minimum absolute atomic E-state index is 0. The van der Waals surface area contributed by atoms with Gasteiger partial charge in [0.1, 0.15) is 5.75 Å². The van der Waals surface area contributed by atoms with Gasteiger partial charge in [-0.25, -0.2) is 0 Å². The van der Waals surface area contributed by atoms with Crippen molar-refractivity contribution in [2.24, 2.45) is 0 Å². The molecule has 1 heterocycles. The Bertz CT molecular complexity index is 552. The monoisotopic (exact) mass is 343 g/mol. The highest BCUT2D eigenvalue weighted by Crippen LogP contribution is 2.36. The second-order valence-corrected chi connectivity index (χ2v) is 6.36. The third-order valence-corrected chi connectivity index (χ3v) is 4.84. The molecule has 1 aromatic rings. The van der Waals surface area contributed by atoms with Crippen molar-refractivity contribution >= 4 is 30.1 Å². The molecule has 5 heteroatoms. The second-order valence-electron chi connectivity index (χ2n) is 5.95. The van der Waals surface area contributed by atoms with Crippen LogP contribution in [-0.2, 0) is 6.42 Å². The molecule has 1 aliphatic heterocycles. The third kappa shape index (κ3) is 3.77. The topological polar surface area (TPSA) is 32.7 Å². The first-order valence-electron chi connectivity index (χ1n) is 7.62. The van der Waals surface area contributed by atoms with E-state index in [1.165, 1.54) is 11.1 Å². The molecule has 0 radical (unpaired) electrons. The summed E-state index contributed by atoms with van der Waals surface area (Å²) in [4.78, 5) is 2.43. The molecule has 3 rings (SSSR count). The van der Waals surface area contributed by atoms with Gasteiger partial charge in [-0.3, -0.25) is 4.90 Å².